The van der Waals surface area contributed by atoms with Gasteiger partial charge in [0.25, 0.3) is 0 Å². The van der Waals surface area contributed by atoms with E-state index in [1.165, 1.54) is 0 Å². The minimum Gasteiger partial charge on any atom is -0.359 e. The molecule has 0 saturated heterocycles. The Kier molecular flexibility index (Phi) is 12.1. The van der Waals surface area contributed by atoms with Crippen molar-refractivity contribution in [2.45, 2.75) is 46.1 Å². The Balaban J connectivity index is 0.00000484. The summed E-state index contributed by atoms with van der Waals surface area (Å²) in [6.45, 7) is 9.99. The minimum atomic E-state index is 0. The zero-order valence-corrected chi connectivity index (χ0v) is 17.4. The average Bonchev–Trinajstić information content (AvgIpc) is 3.00. The fraction of sp³-hybridized carbons (Fsp3) is 0.750. The number of halogens is 1. The van der Waals surface area contributed by atoms with Crippen LogP contribution in [-0.2, 0) is 6.54 Å². The summed E-state index contributed by atoms with van der Waals surface area (Å²) >= 11 is 0. The lowest BCUT2D eigenvalue weighted by Gasteiger charge is -2.15. The lowest BCUT2D eigenvalue weighted by Crippen LogP contribution is -2.40. The molecule has 1 rings (SSSR count). The van der Waals surface area contributed by atoms with Crippen LogP contribution < -0.4 is 10.6 Å². The highest BCUT2D eigenvalue weighted by atomic mass is 127. The summed E-state index contributed by atoms with van der Waals surface area (Å²) in [4.78, 5) is 6.46. The third-order valence-electron chi connectivity index (χ3n) is 3.96. The quantitative estimate of drug-likeness (QED) is 0.354. The Morgan fingerprint density at radius 1 is 1.30 bits per heavy atom. The first-order valence-corrected chi connectivity index (χ1v) is 8.23. The second-order valence-corrected chi connectivity index (χ2v) is 5.48. The van der Waals surface area contributed by atoms with Crippen LogP contribution >= 0.6 is 24.0 Å². The predicted octanol–water partition coefficient (Wildman–Crippen LogP) is 2.81. The van der Waals surface area contributed by atoms with E-state index in [0.29, 0.717) is 12.5 Å². The van der Waals surface area contributed by atoms with Crippen LogP contribution in [-0.4, -0.2) is 49.7 Å². The van der Waals surface area contributed by atoms with E-state index in [9.17, 15) is 0 Å². The molecule has 1 aromatic heterocycles. The molecule has 0 spiro atoms. The number of nitrogens with zero attached hydrogens (tertiary/aromatic N) is 3. The van der Waals surface area contributed by atoms with Crippen molar-refractivity contribution in [3.63, 3.8) is 0 Å². The van der Waals surface area contributed by atoms with Crippen molar-refractivity contribution >= 4 is 29.9 Å². The molecule has 0 aromatic carbocycles. The lowest BCUT2D eigenvalue weighted by atomic mass is 9.99. The Bertz CT molecular complexity index is 445. The third-order valence-corrected chi connectivity index (χ3v) is 3.96. The van der Waals surface area contributed by atoms with Crippen LogP contribution in [0.1, 0.15) is 51.0 Å². The maximum Gasteiger partial charge on any atom is 0.191 e. The number of nitrogens with one attached hydrogen (secondary N) is 2. The number of hydrogen-bond acceptors (Lipinski definition) is 4. The summed E-state index contributed by atoms with van der Waals surface area (Å²) in [5.74, 6) is 2.11. The molecular formula is C16H32IN5O. The third kappa shape index (κ3) is 8.01. The molecule has 7 heteroatoms. The molecule has 23 heavy (non-hydrogen) atoms. The van der Waals surface area contributed by atoms with Gasteiger partial charge in [0.05, 0.1) is 12.2 Å². The fourth-order valence-electron chi connectivity index (χ4n) is 2.23. The predicted molar refractivity (Wildman–Crippen MR) is 107 cm³/mol. The van der Waals surface area contributed by atoms with Crippen molar-refractivity contribution < 1.29 is 4.52 Å². The lowest BCUT2D eigenvalue weighted by molar-refractivity contribution is 0.356. The molecule has 0 aliphatic heterocycles. The van der Waals surface area contributed by atoms with Crippen molar-refractivity contribution in [3.05, 3.63) is 17.5 Å². The number of likely N-dealkylation sites (N-methyl/N-ethyl adjacent to an activating group) is 1. The summed E-state index contributed by atoms with van der Waals surface area (Å²) in [6, 6.07) is 2.04. The van der Waals surface area contributed by atoms with E-state index in [0.717, 1.165) is 49.9 Å². The molecule has 0 fully saturated rings. The van der Waals surface area contributed by atoms with Crippen molar-refractivity contribution in [1.29, 1.82) is 0 Å². The van der Waals surface area contributed by atoms with Gasteiger partial charge in [-0.15, -0.1) is 24.0 Å². The van der Waals surface area contributed by atoms with Gasteiger partial charge in [-0.1, -0.05) is 25.9 Å². The first kappa shape index (κ1) is 22.2. The summed E-state index contributed by atoms with van der Waals surface area (Å²) < 4.78 is 5.40. The minimum absolute atomic E-state index is 0. The highest BCUT2D eigenvalue weighted by Gasteiger charge is 2.13. The van der Waals surface area contributed by atoms with Crippen LogP contribution in [0.15, 0.2) is 15.6 Å². The number of hydrogen-bond donors (Lipinski definition) is 2. The van der Waals surface area contributed by atoms with E-state index in [4.69, 9.17) is 4.52 Å². The molecule has 1 heterocycles. The van der Waals surface area contributed by atoms with Gasteiger partial charge in [0.2, 0.25) is 0 Å². The van der Waals surface area contributed by atoms with Crippen LogP contribution in [0.3, 0.4) is 0 Å². The second-order valence-electron chi connectivity index (χ2n) is 5.48. The first-order chi connectivity index (χ1) is 10.6. The number of rotatable bonds is 9. The molecule has 0 unspecified atom stereocenters. The van der Waals surface area contributed by atoms with Gasteiger partial charge in [-0.3, -0.25) is 4.99 Å². The number of aliphatic imine (C=N–C) groups is 1. The Labute approximate surface area is 157 Å². The molecule has 0 saturated carbocycles. The van der Waals surface area contributed by atoms with E-state index < -0.39 is 0 Å². The van der Waals surface area contributed by atoms with Gasteiger partial charge in [0.1, 0.15) is 0 Å². The van der Waals surface area contributed by atoms with Crippen LogP contribution in [0.25, 0.3) is 0 Å². The number of aromatic nitrogens is 1. The second kappa shape index (κ2) is 12.6. The molecule has 6 nitrogen and oxygen atoms in total. The molecule has 0 bridgehead atoms. The van der Waals surface area contributed by atoms with Gasteiger partial charge in [-0.2, -0.15) is 0 Å². The normalized spacial score (nSPS) is 11.7. The average molecular weight is 437 g/mol. The summed E-state index contributed by atoms with van der Waals surface area (Å²) in [5, 5.41) is 10.7. The Morgan fingerprint density at radius 2 is 2.00 bits per heavy atom. The maximum atomic E-state index is 5.40. The summed E-state index contributed by atoms with van der Waals surface area (Å²) in [7, 11) is 3.88. The smallest absolute Gasteiger partial charge is 0.191 e. The van der Waals surface area contributed by atoms with Crippen LogP contribution in [0.4, 0.5) is 0 Å². The van der Waals surface area contributed by atoms with E-state index in [1.807, 2.05) is 6.07 Å². The molecule has 0 atom stereocenters. The van der Waals surface area contributed by atoms with Crippen molar-refractivity contribution in [1.82, 2.24) is 20.7 Å². The monoisotopic (exact) mass is 437 g/mol. The van der Waals surface area contributed by atoms with Crippen LogP contribution in [0.2, 0.25) is 0 Å². The number of guanidine groups is 1. The highest BCUT2D eigenvalue weighted by Crippen LogP contribution is 2.22. The molecular weight excluding hydrogens is 405 g/mol. The van der Waals surface area contributed by atoms with E-state index in [-0.39, 0.29) is 24.0 Å². The maximum absolute atomic E-state index is 5.40. The van der Waals surface area contributed by atoms with Crippen molar-refractivity contribution in [2.75, 3.05) is 33.7 Å². The van der Waals surface area contributed by atoms with E-state index >= 15 is 0 Å². The van der Waals surface area contributed by atoms with E-state index in [1.54, 1.807) is 7.05 Å². The van der Waals surface area contributed by atoms with Gasteiger partial charge < -0.3 is 20.1 Å². The molecule has 0 amide bonds. The molecule has 134 valence electrons. The molecule has 0 aliphatic rings. The molecule has 0 aliphatic carbocycles. The largest absolute Gasteiger partial charge is 0.359 e. The van der Waals surface area contributed by atoms with Gasteiger partial charge in [-0.25, -0.2) is 0 Å². The SMILES string of the molecule is CCC(CC)c1cc(CNC(=NC)NCCN(C)CC)on1.I. The van der Waals surface area contributed by atoms with Crippen LogP contribution in [0, 0.1) is 0 Å². The standard InChI is InChI=1S/C16H31N5O.HI/c1-6-13(7-2)15-11-14(22-20-15)12-19-16(17-4)18-9-10-21(5)8-3;/h11,13H,6-10,12H2,1-5H3,(H2,17,18,19);1H. The zero-order valence-electron chi connectivity index (χ0n) is 15.1. The van der Waals surface area contributed by atoms with E-state index in [2.05, 4.69) is 53.5 Å². The van der Waals surface area contributed by atoms with Gasteiger partial charge in [0.15, 0.2) is 11.7 Å². The molecule has 2 N–H and O–H groups in total. The molecule has 0 radical (unpaired) electrons. The van der Waals surface area contributed by atoms with Gasteiger partial charge >= 0.3 is 0 Å². The van der Waals surface area contributed by atoms with Crippen molar-refractivity contribution in [2.24, 2.45) is 4.99 Å². The van der Waals surface area contributed by atoms with Gasteiger partial charge in [0, 0.05) is 32.1 Å². The molecule has 1 aromatic rings. The Hall–Kier alpha value is -0.830. The zero-order chi connectivity index (χ0) is 16.4. The topological polar surface area (TPSA) is 65.7 Å². The highest BCUT2D eigenvalue weighted by molar-refractivity contribution is 14.0. The van der Waals surface area contributed by atoms with Gasteiger partial charge in [-0.05, 0) is 26.4 Å². The summed E-state index contributed by atoms with van der Waals surface area (Å²) in [6.07, 6.45) is 2.17. The van der Waals surface area contributed by atoms with Crippen LogP contribution in [0.5, 0.6) is 0 Å². The van der Waals surface area contributed by atoms with Crippen molar-refractivity contribution in [3.8, 4) is 0 Å². The fourth-order valence-corrected chi connectivity index (χ4v) is 2.23. The summed E-state index contributed by atoms with van der Waals surface area (Å²) in [5.41, 5.74) is 1.05. The first-order valence-electron chi connectivity index (χ1n) is 8.23. The Morgan fingerprint density at radius 3 is 2.57 bits per heavy atom.